The Hall–Kier alpha value is -1.72. The number of hydrogen-bond donors (Lipinski definition) is 0. The minimum absolute atomic E-state index is 0.624. The monoisotopic (exact) mass is 301 g/mol. The minimum Gasteiger partial charge on any atom is -0.381 e. The van der Waals surface area contributed by atoms with Crippen LogP contribution in [-0.4, -0.2) is 41.3 Å². The Kier molecular flexibility index (Phi) is 4.85. The SMILES string of the molecule is CCN(Cc1nc(-c2cccc(C)c2)no1)C[C@H]1CCOC1. The molecule has 0 aliphatic carbocycles. The van der Waals surface area contributed by atoms with E-state index in [1.807, 2.05) is 12.1 Å². The summed E-state index contributed by atoms with van der Waals surface area (Å²) in [6.07, 6.45) is 1.15. The third-order valence-corrected chi connectivity index (χ3v) is 4.09. The van der Waals surface area contributed by atoms with Gasteiger partial charge in [0.05, 0.1) is 13.2 Å². The molecule has 5 nitrogen and oxygen atoms in total. The first-order chi connectivity index (χ1) is 10.7. The summed E-state index contributed by atoms with van der Waals surface area (Å²) in [5, 5.41) is 4.11. The second-order valence-electron chi connectivity index (χ2n) is 5.94. The van der Waals surface area contributed by atoms with E-state index in [9.17, 15) is 0 Å². The lowest BCUT2D eigenvalue weighted by Gasteiger charge is -2.21. The van der Waals surface area contributed by atoms with Crippen molar-refractivity contribution in [3.8, 4) is 11.4 Å². The van der Waals surface area contributed by atoms with E-state index in [-0.39, 0.29) is 0 Å². The number of ether oxygens (including phenoxy) is 1. The van der Waals surface area contributed by atoms with Gasteiger partial charge in [0.1, 0.15) is 0 Å². The van der Waals surface area contributed by atoms with Crippen LogP contribution in [0.1, 0.15) is 24.8 Å². The van der Waals surface area contributed by atoms with Crippen LogP contribution in [0.25, 0.3) is 11.4 Å². The first-order valence-electron chi connectivity index (χ1n) is 7.94. The van der Waals surface area contributed by atoms with E-state index in [1.54, 1.807) is 0 Å². The standard InChI is InChI=1S/C17H23N3O2/c1-3-20(10-14-7-8-21-12-14)11-16-18-17(19-22-16)15-6-4-5-13(2)9-15/h4-6,9,14H,3,7-8,10-12H2,1-2H3/t14-/m1/s1. The van der Waals surface area contributed by atoms with Gasteiger partial charge in [-0.3, -0.25) is 4.90 Å². The highest BCUT2D eigenvalue weighted by Crippen LogP contribution is 2.19. The molecule has 1 atom stereocenters. The van der Waals surface area contributed by atoms with Crippen molar-refractivity contribution in [3.05, 3.63) is 35.7 Å². The van der Waals surface area contributed by atoms with Gasteiger partial charge in [-0.15, -0.1) is 0 Å². The van der Waals surface area contributed by atoms with E-state index >= 15 is 0 Å². The summed E-state index contributed by atoms with van der Waals surface area (Å²) in [7, 11) is 0. The molecule has 2 aromatic rings. The summed E-state index contributed by atoms with van der Waals surface area (Å²) in [6, 6.07) is 8.16. The second-order valence-corrected chi connectivity index (χ2v) is 5.94. The lowest BCUT2D eigenvalue weighted by Crippen LogP contribution is -2.29. The van der Waals surface area contributed by atoms with Gasteiger partial charge in [0.25, 0.3) is 0 Å². The fourth-order valence-electron chi connectivity index (χ4n) is 2.81. The lowest BCUT2D eigenvalue weighted by atomic mass is 10.1. The molecule has 0 N–H and O–H groups in total. The fraction of sp³-hybridized carbons (Fsp3) is 0.529. The van der Waals surface area contributed by atoms with Gasteiger partial charge in [-0.1, -0.05) is 35.8 Å². The Bertz CT molecular complexity index is 605. The van der Waals surface area contributed by atoms with Crippen LogP contribution < -0.4 is 0 Å². The molecule has 1 aliphatic rings. The van der Waals surface area contributed by atoms with E-state index in [4.69, 9.17) is 9.26 Å². The molecule has 1 fully saturated rings. The number of hydrogen-bond acceptors (Lipinski definition) is 5. The van der Waals surface area contributed by atoms with Crippen LogP contribution in [0.5, 0.6) is 0 Å². The van der Waals surface area contributed by atoms with Crippen LogP contribution in [0.3, 0.4) is 0 Å². The minimum atomic E-state index is 0.624. The Labute approximate surface area is 131 Å². The molecule has 22 heavy (non-hydrogen) atoms. The van der Waals surface area contributed by atoms with E-state index in [2.05, 4.69) is 41.0 Å². The molecule has 3 rings (SSSR count). The topological polar surface area (TPSA) is 51.4 Å². The summed E-state index contributed by atoms with van der Waals surface area (Å²) in [6.45, 7) is 8.68. The van der Waals surface area contributed by atoms with Crippen LogP contribution in [0.2, 0.25) is 0 Å². The zero-order valence-corrected chi connectivity index (χ0v) is 13.3. The first-order valence-corrected chi connectivity index (χ1v) is 7.94. The zero-order valence-electron chi connectivity index (χ0n) is 13.3. The summed E-state index contributed by atoms with van der Waals surface area (Å²) in [5.74, 6) is 1.97. The quantitative estimate of drug-likeness (QED) is 0.821. The second kappa shape index (κ2) is 7.03. The highest BCUT2D eigenvalue weighted by Gasteiger charge is 2.20. The third-order valence-electron chi connectivity index (χ3n) is 4.09. The molecule has 1 aliphatic heterocycles. The maximum absolute atomic E-state index is 5.45. The van der Waals surface area contributed by atoms with Crippen LogP contribution in [0, 0.1) is 12.8 Å². The molecule has 0 saturated carbocycles. The Morgan fingerprint density at radius 1 is 1.36 bits per heavy atom. The molecule has 0 unspecified atom stereocenters. The van der Waals surface area contributed by atoms with Crippen LogP contribution in [-0.2, 0) is 11.3 Å². The van der Waals surface area contributed by atoms with E-state index in [1.165, 1.54) is 5.56 Å². The van der Waals surface area contributed by atoms with Gasteiger partial charge in [-0.05, 0) is 31.9 Å². The molecule has 0 amide bonds. The molecule has 0 bridgehead atoms. The van der Waals surface area contributed by atoms with E-state index in [0.29, 0.717) is 24.2 Å². The molecule has 0 spiro atoms. The van der Waals surface area contributed by atoms with Crippen molar-refractivity contribution in [1.29, 1.82) is 0 Å². The van der Waals surface area contributed by atoms with Crippen molar-refractivity contribution in [2.24, 2.45) is 5.92 Å². The lowest BCUT2D eigenvalue weighted by molar-refractivity contribution is 0.160. The fourth-order valence-corrected chi connectivity index (χ4v) is 2.81. The molecule has 0 radical (unpaired) electrons. The normalized spacial score (nSPS) is 18.2. The maximum Gasteiger partial charge on any atom is 0.241 e. The number of rotatable bonds is 6. The highest BCUT2D eigenvalue weighted by molar-refractivity contribution is 5.55. The van der Waals surface area contributed by atoms with E-state index < -0.39 is 0 Å². The van der Waals surface area contributed by atoms with Crippen molar-refractivity contribution in [1.82, 2.24) is 15.0 Å². The number of benzene rings is 1. The van der Waals surface area contributed by atoms with Crippen molar-refractivity contribution in [2.45, 2.75) is 26.8 Å². The molecule has 1 aromatic heterocycles. The van der Waals surface area contributed by atoms with Gasteiger partial charge < -0.3 is 9.26 Å². The molecule has 1 saturated heterocycles. The molecule has 1 aromatic carbocycles. The maximum atomic E-state index is 5.45. The molecule has 2 heterocycles. The Morgan fingerprint density at radius 2 is 2.27 bits per heavy atom. The van der Waals surface area contributed by atoms with Gasteiger partial charge in [0.15, 0.2) is 0 Å². The average Bonchev–Trinajstić information content (AvgIpc) is 3.18. The Balaban J connectivity index is 1.65. The van der Waals surface area contributed by atoms with Gasteiger partial charge >= 0.3 is 0 Å². The van der Waals surface area contributed by atoms with E-state index in [0.717, 1.165) is 38.3 Å². The zero-order chi connectivity index (χ0) is 15.4. The largest absolute Gasteiger partial charge is 0.381 e. The average molecular weight is 301 g/mol. The predicted molar refractivity (Wildman–Crippen MR) is 84.3 cm³/mol. The molecular formula is C17H23N3O2. The van der Waals surface area contributed by atoms with Crippen LogP contribution in [0.4, 0.5) is 0 Å². The summed E-state index contributed by atoms with van der Waals surface area (Å²) in [4.78, 5) is 6.87. The first kappa shape index (κ1) is 15.2. The van der Waals surface area contributed by atoms with Crippen molar-refractivity contribution in [3.63, 3.8) is 0 Å². The predicted octanol–water partition coefficient (Wildman–Crippen LogP) is 2.90. The van der Waals surface area contributed by atoms with Crippen molar-refractivity contribution < 1.29 is 9.26 Å². The van der Waals surface area contributed by atoms with Gasteiger partial charge in [-0.2, -0.15) is 4.98 Å². The van der Waals surface area contributed by atoms with Crippen LogP contribution >= 0.6 is 0 Å². The number of aromatic nitrogens is 2. The number of nitrogens with zero attached hydrogens (tertiary/aromatic N) is 3. The molecule has 118 valence electrons. The van der Waals surface area contributed by atoms with Gasteiger partial charge in [0.2, 0.25) is 11.7 Å². The van der Waals surface area contributed by atoms with Crippen LogP contribution in [0.15, 0.2) is 28.8 Å². The molecule has 5 heteroatoms. The van der Waals surface area contributed by atoms with Gasteiger partial charge in [-0.25, -0.2) is 0 Å². The summed E-state index contributed by atoms with van der Waals surface area (Å²) >= 11 is 0. The third kappa shape index (κ3) is 3.72. The Morgan fingerprint density at radius 3 is 3.00 bits per heavy atom. The molecular weight excluding hydrogens is 278 g/mol. The van der Waals surface area contributed by atoms with Crippen molar-refractivity contribution in [2.75, 3.05) is 26.3 Å². The van der Waals surface area contributed by atoms with Crippen molar-refractivity contribution >= 4 is 0 Å². The van der Waals surface area contributed by atoms with Gasteiger partial charge in [0, 0.05) is 18.7 Å². The number of aryl methyl sites for hydroxylation is 1. The highest BCUT2D eigenvalue weighted by atomic mass is 16.5. The summed E-state index contributed by atoms with van der Waals surface area (Å²) in [5.41, 5.74) is 2.20. The smallest absolute Gasteiger partial charge is 0.241 e. The summed E-state index contributed by atoms with van der Waals surface area (Å²) < 4.78 is 10.9.